The summed E-state index contributed by atoms with van der Waals surface area (Å²) in [5, 5.41) is 7.47. The molecule has 0 aliphatic rings. The molecule has 4 rings (SSSR count). The molecular formula is C22H20Cl3N5O2. The standard InChI is InChI=1S/C22H19Cl2N5O2.ClH/c1-2-31-22(30)29-18-11-17(20-21(28-18)26-12-25-20)27-19(13-3-7-15(23)8-4-13)14-5-9-16(24)10-6-14;/h3-12,19H,2H2,1H3,(H3,25,26,27,28,29,30);1H. The zero-order valence-corrected chi connectivity index (χ0v) is 19.3. The van der Waals surface area contributed by atoms with Crippen LogP contribution < -0.4 is 10.6 Å². The smallest absolute Gasteiger partial charge is 0.412 e. The van der Waals surface area contributed by atoms with E-state index in [9.17, 15) is 4.79 Å². The Kier molecular flexibility index (Phi) is 7.80. The summed E-state index contributed by atoms with van der Waals surface area (Å²) in [6, 6.07) is 16.7. The first-order chi connectivity index (χ1) is 15.0. The minimum Gasteiger partial charge on any atom is -0.450 e. The number of nitrogens with zero attached hydrogens (tertiary/aromatic N) is 2. The van der Waals surface area contributed by atoms with Crippen LogP contribution in [0.1, 0.15) is 24.1 Å². The molecular weight excluding hydrogens is 473 g/mol. The van der Waals surface area contributed by atoms with Crippen LogP contribution in [0.3, 0.4) is 0 Å². The third kappa shape index (κ3) is 5.43. The molecule has 2 aromatic carbocycles. The van der Waals surface area contributed by atoms with E-state index in [1.54, 1.807) is 19.3 Å². The van der Waals surface area contributed by atoms with Crippen LogP contribution in [0.25, 0.3) is 11.2 Å². The largest absolute Gasteiger partial charge is 0.450 e. The van der Waals surface area contributed by atoms with Crippen molar-refractivity contribution in [1.29, 1.82) is 0 Å². The van der Waals surface area contributed by atoms with Gasteiger partial charge in [-0.05, 0) is 42.3 Å². The number of imidazole rings is 1. The second-order valence-electron chi connectivity index (χ2n) is 6.68. The van der Waals surface area contributed by atoms with Gasteiger partial charge in [-0.25, -0.2) is 14.8 Å². The number of rotatable bonds is 6. The number of H-pyrrole nitrogens is 1. The van der Waals surface area contributed by atoms with E-state index >= 15 is 0 Å². The minimum absolute atomic E-state index is 0. The van der Waals surface area contributed by atoms with Crippen molar-refractivity contribution >= 4 is 64.4 Å². The maximum Gasteiger partial charge on any atom is 0.412 e. The molecule has 0 radical (unpaired) electrons. The fourth-order valence-electron chi connectivity index (χ4n) is 3.20. The third-order valence-corrected chi connectivity index (χ3v) is 5.11. The maximum absolute atomic E-state index is 11.9. The van der Waals surface area contributed by atoms with Crippen LogP contribution in [0.5, 0.6) is 0 Å². The average Bonchev–Trinajstić information content (AvgIpc) is 3.22. The predicted octanol–water partition coefficient (Wildman–Crippen LogP) is 6.46. The average molecular weight is 493 g/mol. The molecule has 0 spiro atoms. The molecule has 0 fully saturated rings. The van der Waals surface area contributed by atoms with Crippen molar-refractivity contribution in [2.24, 2.45) is 0 Å². The minimum atomic E-state index is -0.581. The number of hydrogen-bond donors (Lipinski definition) is 3. The molecule has 7 nitrogen and oxygen atoms in total. The lowest BCUT2D eigenvalue weighted by Gasteiger charge is -2.22. The van der Waals surface area contributed by atoms with E-state index in [-0.39, 0.29) is 25.1 Å². The van der Waals surface area contributed by atoms with E-state index < -0.39 is 6.09 Å². The van der Waals surface area contributed by atoms with E-state index in [2.05, 4.69) is 25.6 Å². The molecule has 10 heteroatoms. The van der Waals surface area contributed by atoms with Gasteiger partial charge in [0.25, 0.3) is 0 Å². The van der Waals surface area contributed by atoms with E-state index in [0.29, 0.717) is 32.7 Å². The molecule has 0 bridgehead atoms. The zero-order valence-electron chi connectivity index (χ0n) is 16.9. The van der Waals surface area contributed by atoms with Gasteiger partial charge in [-0.15, -0.1) is 12.4 Å². The SMILES string of the molecule is CCOC(=O)Nc1cc(NC(c2ccc(Cl)cc2)c2ccc(Cl)cc2)c2[nH]cnc2n1.Cl. The Labute approximate surface area is 200 Å². The molecule has 0 aliphatic heterocycles. The third-order valence-electron chi connectivity index (χ3n) is 4.61. The van der Waals surface area contributed by atoms with Gasteiger partial charge >= 0.3 is 6.09 Å². The molecule has 1 amide bonds. The summed E-state index contributed by atoms with van der Waals surface area (Å²) in [4.78, 5) is 23.6. The summed E-state index contributed by atoms with van der Waals surface area (Å²) in [6.07, 6.45) is 0.971. The number of anilines is 2. The Hall–Kier alpha value is -3.00. The summed E-state index contributed by atoms with van der Waals surface area (Å²) in [5.74, 6) is 0.325. The van der Waals surface area contributed by atoms with Gasteiger partial charge in [0.2, 0.25) is 0 Å². The van der Waals surface area contributed by atoms with Crippen LogP contribution in [-0.2, 0) is 4.74 Å². The summed E-state index contributed by atoms with van der Waals surface area (Å²) < 4.78 is 4.96. The Balaban J connectivity index is 0.00000289. The molecule has 0 aliphatic carbocycles. The second-order valence-corrected chi connectivity index (χ2v) is 7.55. The number of carbonyl (C=O) groups is 1. The number of nitrogens with one attached hydrogen (secondary N) is 3. The number of aromatic nitrogens is 3. The fraction of sp³-hybridized carbons (Fsp3) is 0.136. The van der Waals surface area contributed by atoms with Crippen LogP contribution in [0.4, 0.5) is 16.3 Å². The molecule has 2 aromatic heterocycles. The van der Waals surface area contributed by atoms with E-state index in [1.807, 2.05) is 48.5 Å². The molecule has 0 saturated carbocycles. The fourth-order valence-corrected chi connectivity index (χ4v) is 3.45. The number of aromatic amines is 1. The number of carbonyl (C=O) groups excluding carboxylic acids is 1. The Bertz CT molecular complexity index is 1150. The Morgan fingerprint density at radius 3 is 2.22 bits per heavy atom. The van der Waals surface area contributed by atoms with Crippen molar-refractivity contribution in [3.63, 3.8) is 0 Å². The van der Waals surface area contributed by atoms with Crippen molar-refractivity contribution in [2.75, 3.05) is 17.2 Å². The molecule has 0 saturated heterocycles. The van der Waals surface area contributed by atoms with Crippen molar-refractivity contribution in [1.82, 2.24) is 15.0 Å². The molecule has 0 atom stereocenters. The lowest BCUT2D eigenvalue weighted by molar-refractivity contribution is 0.168. The highest BCUT2D eigenvalue weighted by molar-refractivity contribution is 6.30. The summed E-state index contributed by atoms with van der Waals surface area (Å²) >= 11 is 12.2. The number of amides is 1. The highest BCUT2D eigenvalue weighted by Crippen LogP contribution is 2.32. The first-order valence-electron chi connectivity index (χ1n) is 9.59. The van der Waals surface area contributed by atoms with Gasteiger partial charge < -0.3 is 15.0 Å². The number of halogens is 3. The van der Waals surface area contributed by atoms with E-state index in [0.717, 1.165) is 11.1 Å². The molecule has 0 unspecified atom stereocenters. The van der Waals surface area contributed by atoms with Crippen molar-refractivity contribution in [3.05, 3.63) is 82.1 Å². The van der Waals surface area contributed by atoms with Crippen molar-refractivity contribution < 1.29 is 9.53 Å². The topological polar surface area (TPSA) is 91.9 Å². The monoisotopic (exact) mass is 491 g/mol. The summed E-state index contributed by atoms with van der Waals surface area (Å²) in [6.45, 7) is 2.00. The van der Waals surface area contributed by atoms with E-state index in [1.165, 1.54) is 0 Å². The van der Waals surface area contributed by atoms with Gasteiger partial charge in [-0.1, -0.05) is 47.5 Å². The number of pyridine rings is 1. The first-order valence-corrected chi connectivity index (χ1v) is 10.3. The molecule has 4 aromatic rings. The van der Waals surface area contributed by atoms with Crippen molar-refractivity contribution in [2.45, 2.75) is 13.0 Å². The summed E-state index contributed by atoms with van der Waals surface area (Å²) in [5.41, 5.74) is 3.88. The number of benzene rings is 2. The lowest BCUT2D eigenvalue weighted by atomic mass is 9.98. The molecule has 166 valence electrons. The number of ether oxygens (including phenoxy) is 1. The number of fused-ring (bicyclic) bond motifs is 1. The van der Waals surface area contributed by atoms with Gasteiger partial charge in [-0.2, -0.15) is 0 Å². The molecule has 32 heavy (non-hydrogen) atoms. The molecule has 3 N–H and O–H groups in total. The first kappa shape index (κ1) is 23.7. The Morgan fingerprint density at radius 2 is 1.66 bits per heavy atom. The highest BCUT2D eigenvalue weighted by atomic mass is 35.5. The quantitative estimate of drug-likeness (QED) is 0.287. The predicted molar refractivity (Wildman–Crippen MR) is 130 cm³/mol. The van der Waals surface area contributed by atoms with Crippen LogP contribution in [-0.4, -0.2) is 27.7 Å². The van der Waals surface area contributed by atoms with Gasteiger partial charge in [0.15, 0.2) is 5.65 Å². The second kappa shape index (κ2) is 10.5. The molecule has 2 heterocycles. The Morgan fingerprint density at radius 1 is 1.06 bits per heavy atom. The van der Waals surface area contributed by atoms with Crippen molar-refractivity contribution in [3.8, 4) is 0 Å². The van der Waals surface area contributed by atoms with Gasteiger partial charge in [0.05, 0.1) is 24.7 Å². The maximum atomic E-state index is 11.9. The van der Waals surface area contributed by atoms with Gasteiger partial charge in [0.1, 0.15) is 11.3 Å². The van der Waals surface area contributed by atoms with Gasteiger partial charge in [0, 0.05) is 16.1 Å². The number of hydrogen-bond acceptors (Lipinski definition) is 5. The lowest BCUT2D eigenvalue weighted by Crippen LogP contribution is -2.16. The zero-order chi connectivity index (χ0) is 21.8. The normalized spacial score (nSPS) is 10.6. The summed E-state index contributed by atoms with van der Waals surface area (Å²) in [7, 11) is 0. The van der Waals surface area contributed by atoms with Gasteiger partial charge in [-0.3, -0.25) is 5.32 Å². The van der Waals surface area contributed by atoms with Crippen LogP contribution in [0.15, 0.2) is 60.9 Å². The van der Waals surface area contributed by atoms with Crippen LogP contribution in [0.2, 0.25) is 10.0 Å². The van der Waals surface area contributed by atoms with E-state index in [4.69, 9.17) is 27.9 Å². The highest BCUT2D eigenvalue weighted by Gasteiger charge is 2.18. The van der Waals surface area contributed by atoms with Crippen LogP contribution in [0, 0.1) is 0 Å². The van der Waals surface area contributed by atoms with Crippen LogP contribution >= 0.6 is 35.6 Å².